The van der Waals surface area contributed by atoms with E-state index in [1.165, 1.54) is 13.3 Å². The molecule has 5 heteroatoms. The molecule has 0 saturated carbocycles. The minimum Gasteiger partial charge on any atom is -0.481 e. The SMILES string of the molecule is CCC(CCO)NC(=O)c1ccc(OC)nc1. The fourth-order valence-corrected chi connectivity index (χ4v) is 1.44. The van der Waals surface area contributed by atoms with Gasteiger partial charge in [0.15, 0.2) is 0 Å². The number of carbonyl (C=O) groups excluding carboxylic acids is 1. The van der Waals surface area contributed by atoms with Gasteiger partial charge in [0.25, 0.3) is 5.91 Å². The second-order valence-corrected chi connectivity index (χ2v) is 3.68. The minimum atomic E-state index is -0.180. The Balaban J connectivity index is 2.62. The smallest absolute Gasteiger partial charge is 0.253 e. The molecule has 0 bridgehead atoms. The summed E-state index contributed by atoms with van der Waals surface area (Å²) in [5.74, 6) is 0.296. The van der Waals surface area contributed by atoms with Crippen LogP contribution in [0.4, 0.5) is 0 Å². The van der Waals surface area contributed by atoms with Gasteiger partial charge in [0.1, 0.15) is 0 Å². The van der Waals surface area contributed by atoms with E-state index in [0.29, 0.717) is 17.9 Å². The summed E-state index contributed by atoms with van der Waals surface area (Å²) in [6, 6.07) is 3.30. The molecule has 0 aliphatic carbocycles. The number of rotatable bonds is 6. The van der Waals surface area contributed by atoms with Gasteiger partial charge in [-0.2, -0.15) is 0 Å². The van der Waals surface area contributed by atoms with E-state index in [0.717, 1.165) is 6.42 Å². The van der Waals surface area contributed by atoms with Crippen LogP contribution in [0.1, 0.15) is 30.1 Å². The van der Waals surface area contributed by atoms with Crippen LogP contribution in [0.15, 0.2) is 18.3 Å². The third-order valence-electron chi connectivity index (χ3n) is 2.51. The number of ether oxygens (including phenoxy) is 1. The van der Waals surface area contributed by atoms with E-state index in [4.69, 9.17) is 9.84 Å². The topological polar surface area (TPSA) is 71.5 Å². The standard InChI is InChI=1S/C12H18N2O3/c1-3-10(6-7-15)14-12(16)9-4-5-11(17-2)13-8-9/h4-5,8,10,15H,3,6-7H2,1-2H3,(H,14,16). The molecule has 0 fully saturated rings. The highest BCUT2D eigenvalue weighted by Crippen LogP contribution is 2.07. The van der Waals surface area contributed by atoms with Crippen molar-refractivity contribution in [2.75, 3.05) is 13.7 Å². The summed E-state index contributed by atoms with van der Waals surface area (Å²) in [6.07, 6.45) is 2.82. The van der Waals surface area contributed by atoms with Gasteiger partial charge in [0.05, 0.1) is 12.7 Å². The number of pyridine rings is 1. The van der Waals surface area contributed by atoms with Gasteiger partial charge >= 0.3 is 0 Å². The van der Waals surface area contributed by atoms with Crippen LogP contribution < -0.4 is 10.1 Å². The fraction of sp³-hybridized carbons (Fsp3) is 0.500. The predicted octanol–water partition coefficient (Wildman–Crippen LogP) is 0.981. The molecule has 0 spiro atoms. The molecule has 0 aliphatic heterocycles. The Morgan fingerprint density at radius 3 is 2.82 bits per heavy atom. The predicted molar refractivity (Wildman–Crippen MR) is 64.0 cm³/mol. The van der Waals surface area contributed by atoms with Crippen LogP contribution in [0.25, 0.3) is 0 Å². The number of hydrogen-bond donors (Lipinski definition) is 2. The second-order valence-electron chi connectivity index (χ2n) is 3.68. The fourth-order valence-electron chi connectivity index (χ4n) is 1.44. The van der Waals surface area contributed by atoms with Crippen molar-refractivity contribution in [1.29, 1.82) is 0 Å². The summed E-state index contributed by atoms with van der Waals surface area (Å²) in [7, 11) is 1.52. The molecular weight excluding hydrogens is 220 g/mol. The van der Waals surface area contributed by atoms with Gasteiger partial charge < -0.3 is 15.2 Å². The van der Waals surface area contributed by atoms with E-state index >= 15 is 0 Å². The van der Waals surface area contributed by atoms with E-state index in [1.807, 2.05) is 6.92 Å². The Hall–Kier alpha value is -1.62. The number of aliphatic hydroxyl groups is 1. The first-order chi connectivity index (χ1) is 8.21. The van der Waals surface area contributed by atoms with Gasteiger partial charge in [0, 0.05) is 24.9 Å². The first-order valence-electron chi connectivity index (χ1n) is 5.63. The summed E-state index contributed by atoms with van der Waals surface area (Å²) in [4.78, 5) is 15.8. The summed E-state index contributed by atoms with van der Waals surface area (Å²) >= 11 is 0. The Labute approximate surface area is 101 Å². The summed E-state index contributed by atoms with van der Waals surface area (Å²) in [5.41, 5.74) is 0.488. The van der Waals surface area contributed by atoms with Crippen LogP contribution in [0.2, 0.25) is 0 Å². The summed E-state index contributed by atoms with van der Waals surface area (Å²) < 4.78 is 4.91. The zero-order chi connectivity index (χ0) is 12.7. The zero-order valence-electron chi connectivity index (χ0n) is 10.1. The van der Waals surface area contributed by atoms with Gasteiger partial charge in [0.2, 0.25) is 5.88 Å². The molecule has 17 heavy (non-hydrogen) atoms. The summed E-state index contributed by atoms with van der Waals surface area (Å²) in [5, 5.41) is 11.7. The number of aliphatic hydroxyl groups excluding tert-OH is 1. The van der Waals surface area contributed by atoms with Gasteiger partial charge in [-0.25, -0.2) is 4.98 Å². The first kappa shape index (κ1) is 13.4. The van der Waals surface area contributed by atoms with Crippen LogP contribution >= 0.6 is 0 Å². The van der Waals surface area contributed by atoms with Crippen LogP contribution in [0, 0.1) is 0 Å². The molecule has 5 nitrogen and oxygen atoms in total. The lowest BCUT2D eigenvalue weighted by Gasteiger charge is -2.15. The molecule has 1 atom stereocenters. The average molecular weight is 238 g/mol. The molecule has 1 unspecified atom stereocenters. The molecule has 0 saturated heterocycles. The van der Waals surface area contributed by atoms with E-state index in [2.05, 4.69) is 10.3 Å². The number of amides is 1. The maximum absolute atomic E-state index is 11.8. The van der Waals surface area contributed by atoms with Crippen molar-refractivity contribution in [3.8, 4) is 5.88 Å². The first-order valence-corrected chi connectivity index (χ1v) is 5.63. The molecule has 2 N–H and O–H groups in total. The van der Waals surface area contributed by atoms with Crippen molar-refractivity contribution in [1.82, 2.24) is 10.3 Å². The Morgan fingerprint density at radius 2 is 2.35 bits per heavy atom. The van der Waals surface area contributed by atoms with Crippen LogP contribution in [-0.2, 0) is 0 Å². The average Bonchev–Trinajstić information content (AvgIpc) is 2.38. The Morgan fingerprint density at radius 1 is 1.59 bits per heavy atom. The van der Waals surface area contributed by atoms with Gasteiger partial charge in [-0.3, -0.25) is 4.79 Å². The Bertz CT molecular complexity index is 351. The number of hydrogen-bond acceptors (Lipinski definition) is 4. The normalized spacial score (nSPS) is 11.9. The third-order valence-corrected chi connectivity index (χ3v) is 2.51. The van der Waals surface area contributed by atoms with Gasteiger partial charge in [-0.05, 0) is 18.9 Å². The lowest BCUT2D eigenvalue weighted by molar-refractivity contribution is 0.0928. The molecule has 0 aliphatic rings. The molecule has 1 aromatic rings. The molecule has 94 valence electrons. The number of nitrogens with zero attached hydrogens (tertiary/aromatic N) is 1. The van der Waals surface area contributed by atoms with E-state index in [-0.39, 0.29) is 18.6 Å². The number of methoxy groups -OCH3 is 1. The van der Waals surface area contributed by atoms with Crippen molar-refractivity contribution in [3.05, 3.63) is 23.9 Å². The highest BCUT2D eigenvalue weighted by atomic mass is 16.5. The monoisotopic (exact) mass is 238 g/mol. The third kappa shape index (κ3) is 4.03. The van der Waals surface area contributed by atoms with Crippen molar-refractivity contribution in [2.45, 2.75) is 25.8 Å². The molecule has 1 amide bonds. The van der Waals surface area contributed by atoms with Gasteiger partial charge in [-0.15, -0.1) is 0 Å². The van der Waals surface area contributed by atoms with Crippen LogP contribution in [-0.4, -0.2) is 35.8 Å². The molecule has 1 rings (SSSR count). The van der Waals surface area contributed by atoms with Crippen molar-refractivity contribution in [2.24, 2.45) is 0 Å². The number of nitrogens with one attached hydrogen (secondary N) is 1. The van der Waals surface area contributed by atoms with Crippen molar-refractivity contribution >= 4 is 5.91 Å². The van der Waals surface area contributed by atoms with E-state index in [9.17, 15) is 4.79 Å². The van der Waals surface area contributed by atoms with Gasteiger partial charge in [-0.1, -0.05) is 6.92 Å². The maximum Gasteiger partial charge on any atom is 0.253 e. The Kier molecular flexibility index (Phi) is 5.42. The highest BCUT2D eigenvalue weighted by Gasteiger charge is 2.11. The molecule has 0 radical (unpaired) electrons. The lowest BCUT2D eigenvalue weighted by Crippen LogP contribution is -2.35. The second kappa shape index (κ2) is 6.85. The molecule has 1 aromatic heterocycles. The molecule has 1 heterocycles. The highest BCUT2D eigenvalue weighted by molar-refractivity contribution is 5.94. The lowest BCUT2D eigenvalue weighted by atomic mass is 10.1. The number of carbonyl (C=O) groups is 1. The molecule has 0 aromatic carbocycles. The van der Waals surface area contributed by atoms with Crippen molar-refractivity contribution < 1.29 is 14.6 Å². The van der Waals surface area contributed by atoms with Crippen LogP contribution in [0.5, 0.6) is 5.88 Å². The molecular formula is C12H18N2O3. The quantitative estimate of drug-likeness (QED) is 0.775. The van der Waals surface area contributed by atoms with E-state index < -0.39 is 0 Å². The van der Waals surface area contributed by atoms with Crippen LogP contribution in [0.3, 0.4) is 0 Å². The largest absolute Gasteiger partial charge is 0.481 e. The zero-order valence-corrected chi connectivity index (χ0v) is 10.1. The van der Waals surface area contributed by atoms with Crippen molar-refractivity contribution in [3.63, 3.8) is 0 Å². The van der Waals surface area contributed by atoms with E-state index in [1.54, 1.807) is 12.1 Å². The number of aromatic nitrogens is 1. The maximum atomic E-state index is 11.8. The summed E-state index contributed by atoms with van der Waals surface area (Å²) in [6.45, 7) is 2.03. The minimum absolute atomic E-state index is 0.00500.